The number of Topliss-reactive ketones (excluding diaryl/α,β-unsaturated/α-hetero) is 1. The Morgan fingerprint density at radius 1 is 1.00 bits per heavy atom. The Labute approximate surface area is 133 Å². The van der Waals surface area contributed by atoms with Gasteiger partial charge in [0.15, 0.2) is 0 Å². The van der Waals surface area contributed by atoms with Crippen molar-refractivity contribution in [2.75, 3.05) is 13.7 Å². The summed E-state index contributed by atoms with van der Waals surface area (Å²) in [7, 11) is 1.73. The predicted molar refractivity (Wildman–Crippen MR) is 91.6 cm³/mol. The lowest BCUT2D eigenvalue weighted by molar-refractivity contribution is -0.133. The maximum Gasteiger partial charge on any atom is 0.141 e. The Hall–Kier alpha value is -0.370. The molecule has 0 aromatic rings. The molecule has 0 saturated heterocycles. The third kappa shape index (κ3) is 8.60. The van der Waals surface area contributed by atoms with Gasteiger partial charge in [0.25, 0.3) is 0 Å². The van der Waals surface area contributed by atoms with E-state index in [4.69, 9.17) is 4.74 Å². The quantitative estimate of drug-likeness (QED) is 0.411. The van der Waals surface area contributed by atoms with Crippen LogP contribution in [0, 0.1) is 17.3 Å². The highest BCUT2D eigenvalue weighted by Gasteiger charge is 2.37. The molecule has 0 radical (unpaired) electrons. The molecule has 2 heteroatoms. The van der Waals surface area contributed by atoms with E-state index in [0.29, 0.717) is 24.2 Å². The lowest BCUT2D eigenvalue weighted by Crippen LogP contribution is -2.36. The van der Waals surface area contributed by atoms with Gasteiger partial charge in [-0.3, -0.25) is 4.79 Å². The van der Waals surface area contributed by atoms with Crippen LogP contribution in [0.2, 0.25) is 0 Å². The largest absolute Gasteiger partial charge is 0.384 e. The van der Waals surface area contributed by atoms with Gasteiger partial charge in [0.2, 0.25) is 0 Å². The summed E-state index contributed by atoms with van der Waals surface area (Å²) in [6.45, 7) is 11.7. The summed E-state index contributed by atoms with van der Waals surface area (Å²) in [5.41, 5.74) is -0.239. The molecule has 0 amide bonds. The minimum atomic E-state index is -0.239. The molecule has 2 nitrogen and oxygen atoms in total. The third-order valence-electron chi connectivity index (χ3n) is 4.42. The molecule has 126 valence electrons. The van der Waals surface area contributed by atoms with Crippen molar-refractivity contribution in [3.8, 4) is 0 Å². The average molecular weight is 299 g/mol. The maximum absolute atomic E-state index is 12.9. The van der Waals surface area contributed by atoms with Crippen molar-refractivity contribution in [3.63, 3.8) is 0 Å². The fourth-order valence-electron chi connectivity index (χ4n) is 2.84. The summed E-state index contributed by atoms with van der Waals surface area (Å²) in [6.07, 6.45) is 8.28. The van der Waals surface area contributed by atoms with Crippen LogP contribution in [0.1, 0.15) is 86.0 Å². The molecule has 0 aromatic heterocycles. The Bertz CT molecular complexity index is 257. The fourth-order valence-corrected chi connectivity index (χ4v) is 2.84. The van der Waals surface area contributed by atoms with Gasteiger partial charge in [0.1, 0.15) is 5.78 Å². The molecular formula is C19H38O2. The van der Waals surface area contributed by atoms with Crippen LogP contribution >= 0.6 is 0 Å². The van der Waals surface area contributed by atoms with E-state index in [1.165, 1.54) is 6.42 Å². The fraction of sp³-hybridized carbons (Fsp3) is 0.947. The van der Waals surface area contributed by atoms with Gasteiger partial charge in [-0.15, -0.1) is 0 Å². The van der Waals surface area contributed by atoms with Crippen molar-refractivity contribution in [2.24, 2.45) is 17.3 Å². The molecule has 0 unspecified atom stereocenters. The first-order valence-electron chi connectivity index (χ1n) is 8.90. The van der Waals surface area contributed by atoms with Crippen LogP contribution in [0.3, 0.4) is 0 Å². The van der Waals surface area contributed by atoms with Crippen molar-refractivity contribution < 1.29 is 9.53 Å². The van der Waals surface area contributed by atoms with Crippen molar-refractivity contribution >= 4 is 5.78 Å². The second-order valence-corrected chi connectivity index (χ2v) is 7.46. The van der Waals surface area contributed by atoms with E-state index in [-0.39, 0.29) is 5.41 Å². The smallest absolute Gasteiger partial charge is 0.141 e. The van der Waals surface area contributed by atoms with E-state index >= 15 is 0 Å². The van der Waals surface area contributed by atoms with E-state index in [2.05, 4.69) is 34.6 Å². The van der Waals surface area contributed by atoms with Gasteiger partial charge in [0, 0.05) is 13.5 Å². The standard InChI is InChI=1S/C19H38O2/c1-7-8-9-10-18(20)19(15-21-6,13-11-16(2)3)14-12-17(4)5/h16-17H,7-15H2,1-6H3. The number of carbonyl (C=O) groups is 1. The molecule has 0 aliphatic heterocycles. The van der Waals surface area contributed by atoms with E-state index in [0.717, 1.165) is 44.9 Å². The molecule has 0 atom stereocenters. The van der Waals surface area contributed by atoms with Gasteiger partial charge in [-0.1, -0.05) is 47.5 Å². The minimum absolute atomic E-state index is 0.239. The zero-order valence-electron chi connectivity index (χ0n) is 15.3. The Morgan fingerprint density at radius 2 is 1.52 bits per heavy atom. The molecule has 0 fully saturated rings. The van der Waals surface area contributed by atoms with E-state index in [9.17, 15) is 4.79 Å². The number of carbonyl (C=O) groups excluding carboxylic acids is 1. The highest BCUT2D eigenvalue weighted by molar-refractivity contribution is 5.85. The lowest BCUT2D eigenvalue weighted by Gasteiger charge is -2.33. The summed E-state index contributed by atoms with van der Waals surface area (Å²) in [5, 5.41) is 0. The molecule has 21 heavy (non-hydrogen) atoms. The molecular weight excluding hydrogens is 260 g/mol. The zero-order chi connectivity index (χ0) is 16.3. The Balaban J connectivity index is 4.90. The molecule has 0 heterocycles. The molecule has 0 rings (SSSR count). The van der Waals surface area contributed by atoms with Crippen LogP contribution in [0.4, 0.5) is 0 Å². The first-order valence-corrected chi connectivity index (χ1v) is 8.90. The SMILES string of the molecule is CCCCCC(=O)C(CCC(C)C)(CCC(C)C)COC. The second kappa shape index (κ2) is 11.2. The molecule has 0 aliphatic carbocycles. The second-order valence-electron chi connectivity index (χ2n) is 7.46. The van der Waals surface area contributed by atoms with Crippen LogP contribution in [0.15, 0.2) is 0 Å². The molecule has 0 aromatic carbocycles. The number of rotatable bonds is 13. The first kappa shape index (κ1) is 20.6. The van der Waals surface area contributed by atoms with Gasteiger partial charge in [0.05, 0.1) is 12.0 Å². The van der Waals surface area contributed by atoms with Crippen molar-refractivity contribution in [1.29, 1.82) is 0 Å². The molecule has 0 spiro atoms. The van der Waals surface area contributed by atoms with Crippen molar-refractivity contribution in [2.45, 2.75) is 86.0 Å². The van der Waals surface area contributed by atoms with Crippen molar-refractivity contribution in [3.05, 3.63) is 0 Å². The molecule has 0 saturated carbocycles. The first-order chi connectivity index (χ1) is 9.88. The van der Waals surface area contributed by atoms with E-state index in [1.54, 1.807) is 7.11 Å². The molecule has 0 N–H and O–H groups in total. The average Bonchev–Trinajstić information content (AvgIpc) is 2.42. The van der Waals surface area contributed by atoms with E-state index in [1.807, 2.05) is 0 Å². The van der Waals surface area contributed by atoms with Gasteiger partial charge in [-0.05, 0) is 43.9 Å². The van der Waals surface area contributed by atoms with Crippen LogP contribution in [0.25, 0.3) is 0 Å². The van der Waals surface area contributed by atoms with E-state index < -0.39 is 0 Å². The zero-order valence-corrected chi connectivity index (χ0v) is 15.3. The topological polar surface area (TPSA) is 26.3 Å². The molecule has 0 aliphatic rings. The number of ketones is 1. The van der Waals surface area contributed by atoms with Crippen LogP contribution in [0.5, 0.6) is 0 Å². The van der Waals surface area contributed by atoms with Crippen LogP contribution in [-0.2, 0) is 9.53 Å². The summed E-state index contributed by atoms with van der Waals surface area (Å²) in [6, 6.07) is 0. The van der Waals surface area contributed by atoms with Gasteiger partial charge >= 0.3 is 0 Å². The maximum atomic E-state index is 12.9. The predicted octanol–water partition coefficient (Wildman–Crippen LogP) is 5.64. The Kier molecular flexibility index (Phi) is 11.0. The van der Waals surface area contributed by atoms with Gasteiger partial charge in [-0.25, -0.2) is 0 Å². The monoisotopic (exact) mass is 298 g/mol. The number of methoxy groups -OCH3 is 1. The number of unbranched alkanes of at least 4 members (excludes halogenated alkanes) is 2. The summed E-state index contributed by atoms with van der Waals surface area (Å²) < 4.78 is 5.48. The number of ether oxygens (including phenoxy) is 1. The van der Waals surface area contributed by atoms with Gasteiger partial charge < -0.3 is 4.74 Å². The summed E-state index contributed by atoms with van der Waals surface area (Å²) >= 11 is 0. The van der Waals surface area contributed by atoms with Crippen LogP contribution in [-0.4, -0.2) is 19.5 Å². The number of hydrogen-bond donors (Lipinski definition) is 0. The van der Waals surface area contributed by atoms with Crippen LogP contribution < -0.4 is 0 Å². The minimum Gasteiger partial charge on any atom is -0.384 e. The number of hydrogen-bond acceptors (Lipinski definition) is 2. The normalized spacial score (nSPS) is 12.4. The van der Waals surface area contributed by atoms with Gasteiger partial charge in [-0.2, -0.15) is 0 Å². The molecule has 0 bridgehead atoms. The van der Waals surface area contributed by atoms with Crippen molar-refractivity contribution in [1.82, 2.24) is 0 Å². The highest BCUT2D eigenvalue weighted by Crippen LogP contribution is 2.36. The summed E-state index contributed by atoms with van der Waals surface area (Å²) in [4.78, 5) is 12.9. The lowest BCUT2D eigenvalue weighted by atomic mass is 9.72. The highest BCUT2D eigenvalue weighted by atomic mass is 16.5. The Morgan fingerprint density at radius 3 is 1.90 bits per heavy atom. The third-order valence-corrected chi connectivity index (χ3v) is 4.42. The summed E-state index contributed by atoms with van der Waals surface area (Å²) in [5.74, 6) is 1.73.